The van der Waals surface area contributed by atoms with Crippen LogP contribution in [0.1, 0.15) is 47.1 Å². The summed E-state index contributed by atoms with van der Waals surface area (Å²) in [6.07, 6.45) is 5.03. The van der Waals surface area contributed by atoms with Crippen molar-refractivity contribution in [3.8, 4) is 11.5 Å². The summed E-state index contributed by atoms with van der Waals surface area (Å²) in [5, 5.41) is 12.6. The zero-order valence-corrected chi connectivity index (χ0v) is 21.5. The van der Waals surface area contributed by atoms with Crippen LogP contribution in [0.2, 0.25) is 0 Å². The second-order valence-corrected chi connectivity index (χ2v) is 10.9. The van der Waals surface area contributed by atoms with Crippen LogP contribution < -0.4 is 15.2 Å². The lowest BCUT2D eigenvalue weighted by atomic mass is 9.92. The molecule has 2 aromatic carbocycles. The quantitative estimate of drug-likeness (QED) is 0.459. The molecule has 10 heteroatoms. The van der Waals surface area contributed by atoms with Gasteiger partial charge in [0.15, 0.2) is 23.1 Å². The van der Waals surface area contributed by atoms with Gasteiger partial charge in [0, 0.05) is 40.1 Å². The van der Waals surface area contributed by atoms with Gasteiger partial charge in [0.05, 0.1) is 6.04 Å². The van der Waals surface area contributed by atoms with Crippen molar-refractivity contribution in [1.29, 1.82) is 0 Å². The number of aromatic hydroxyl groups is 1. The Morgan fingerprint density at radius 2 is 1.95 bits per heavy atom. The number of carbonyl (C=O) groups excluding carboxylic acids is 1. The van der Waals surface area contributed by atoms with E-state index in [4.69, 9.17) is 4.74 Å². The number of pyridine rings is 1. The Morgan fingerprint density at radius 3 is 2.74 bits per heavy atom. The molecule has 3 aromatic rings. The number of carbonyl (C=O) groups is 1. The largest absolute Gasteiger partial charge is 0.502 e. The highest BCUT2D eigenvalue weighted by atomic mass is 32.2. The minimum Gasteiger partial charge on any atom is -0.502 e. The molecule has 1 aromatic heterocycles. The van der Waals surface area contributed by atoms with Crippen LogP contribution in [0.25, 0.3) is 0 Å². The molecule has 0 spiro atoms. The number of ether oxygens (including phenoxy) is 1. The summed E-state index contributed by atoms with van der Waals surface area (Å²) in [6, 6.07) is 8.70. The van der Waals surface area contributed by atoms with E-state index >= 15 is 4.39 Å². The van der Waals surface area contributed by atoms with E-state index in [1.54, 1.807) is 16.0 Å². The number of benzene rings is 2. The lowest BCUT2D eigenvalue weighted by Crippen LogP contribution is -2.58. The van der Waals surface area contributed by atoms with Crippen molar-refractivity contribution in [2.75, 3.05) is 18.3 Å². The highest BCUT2D eigenvalue weighted by Gasteiger charge is 2.43. The van der Waals surface area contributed by atoms with Gasteiger partial charge in [-0.05, 0) is 23.6 Å². The maximum Gasteiger partial charge on any atom is 0.278 e. The molecule has 0 aliphatic carbocycles. The average Bonchev–Trinajstić information content (AvgIpc) is 3.08. The van der Waals surface area contributed by atoms with Gasteiger partial charge >= 0.3 is 0 Å². The molecule has 0 saturated carbocycles. The summed E-state index contributed by atoms with van der Waals surface area (Å²) in [7, 11) is 0. The van der Waals surface area contributed by atoms with Crippen molar-refractivity contribution in [3.63, 3.8) is 0 Å². The Bertz CT molecular complexity index is 1550. The van der Waals surface area contributed by atoms with E-state index in [0.717, 1.165) is 16.5 Å². The SMILES string of the molecule is CC(C)[C@H]1/C=C\COc2cc(F)c(F)c3c2[C@H](c2ccccc2SC3)N2CN1C(=O)c1c(O)c(=O)ccn12. The number of nitrogens with zero attached hydrogens (tertiary/aromatic N) is 3. The highest BCUT2D eigenvalue weighted by Crippen LogP contribution is 2.47. The third kappa shape index (κ3) is 3.69. The zero-order chi connectivity index (χ0) is 26.7. The number of hydrogen-bond donors (Lipinski definition) is 1. The first-order chi connectivity index (χ1) is 18.3. The van der Waals surface area contributed by atoms with Crippen LogP contribution in [0.15, 0.2) is 64.4 Å². The first-order valence-electron chi connectivity index (χ1n) is 12.3. The molecular weight excluding hydrogens is 512 g/mol. The standard InChI is InChI=1S/C28H25F2N3O4S/c1-15(2)19-7-5-11-37-21-12-18(29)24(30)17-13-38-22-8-4-3-6-16(22)25(23(17)21)33-14-31(19)28(36)26-27(35)20(34)9-10-32(26)33/h3-10,12,15,19,25,35H,11,13-14H2,1-2H3/b7-5-/t19-,25+/m1/s1. The first kappa shape index (κ1) is 24.5. The number of thioether (sulfide) groups is 1. The van der Waals surface area contributed by atoms with Crippen molar-refractivity contribution >= 4 is 17.7 Å². The van der Waals surface area contributed by atoms with E-state index in [1.165, 1.54) is 28.7 Å². The van der Waals surface area contributed by atoms with Crippen molar-refractivity contribution in [3.05, 3.63) is 99.0 Å². The predicted octanol–water partition coefficient (Wildman–Crippen LogP) is 4.55. The number of aromatic nitrogens is 1. The van der Waals surface area contributed by atoms with Gasteiger partial charge in [0.2, 0.25) is 5.43 Å². The van der Waals surface area contributed by atoms with Gasteiger partial charge in [0.1, 0.15) is 25.1 Å². The van der Waals surface area contributed by atoms with Crippen LogP contribution in [0.3, 0.4) is 0 Å². The Balaban J connectivity index is 1.72. The predicted molar refractivity (Wildman–Crippen MR) is 139 cm³/mol. The smallest absolute Gasteiger partial charge is 0.278 e. The molecule has 0 unspecified atom stereocenters. The Morgan fingerprint density at radius 1 is 1.16 bits per heavy atom. The molecule has 3 aliphatic heterocycles. The minimum absolute atomic E-state index is 0.0215. The molecule has 2 bridgehead atoms. The molecule has 3 aliphatic rings. The number of hydrogen-bond acceptors (Lipinski definition) is 6. The maximum atomic E-state index is 15.4. The average molecular weight is 538 g/mol. The summed E-state index contributed by atoms with van der Waals surface area (Å²) < 4.78 is 37.8. The fourth-order valence-electron chi connectivity index (χ4n) is 5.49. The summed E-state index contributed by atoms with van der Waals surface area (Å²) in [4.78, 5) is 28.7. The second-order valence-electron chi connectivity index (χ2n) is 9.84. The van der Waals surface area contributed by atoms with Crippen LogP contribution in [0.4, 0.5) is 8.78 Å². The van der Waals surface area contributed by atoms with E-state index in [2.05, 4.69) is 0 Å². The van der Waals surface area contributed by atoms with Crippen molar-refractivity contribution < 1.29 is 23.4 Å². The molecule has 0 fully saturated rings. The molecule has 1 N–H and O–H groups in total. The third-order valence-corrected chi connectivity index (χ3v) is 8.40. The lowest BCUT2D eigenvalue weighted by molar-refractivity contribution is 0.0587. The molecule has 196 valence electrons. The van der Waals surface area contributed by atoms with Crippen LogP contribution in [0.5, 0.6) is 11.5 Å². The van der Waals surface area contributed by atoms with Crippen molar-refractivity contribution in [2.24, 2.45) is 5.92 Å². The number of fused-ring (bicyclic) bond motifs is 7. The summed E-state index contributed by atoms with van der Waals surface area (Å²) in [6.45, 7) is 4.08. The molecule has 0 saturated heterocycles. The number of rotatable bonds is 1. The third-order valence-electron chi connectivity index (χ3n) is 7.28. The van der Waals surface area contributed by atoms with Gasteiger partial charge in [-0.25, -0.2) is 8.78 Å². The van der Waals surface area contributed by atoms with Gasteiger partial charge < -0.3 is 14.7 Å². The first-order valence-corrected chi connectivity index (χ1v) is 13.3. The fraction of sp³-hybridized carbons (Fsp3) is 0.286. The van der Waals surface area contributed by atoms with Crippen LogP contribution in [-0.2, 0) is 5.75 Å². The highest BCUT2D eigenvalue weighted by molar-refractivity contribution is 7.98. The van der Waals surface area contributed by atoms with E-state index < -0.39 is 40.8 Å². The van der Waals surface area contributed by atoms with Gasteiger partial charge in [0.25, 0.3) is 5.91 Å². The lowest BCUT2D eigenvalue weighted by Gasteiger charge is -2.46. The molecule has 0 radical (unpaired) electrons. The molecular formula is C28H25F2N3O4S. The van der Waals surface area contributed by atoms with E-state index in [-0.39, 0.29) is 42.0 Å². The Labute approximate surface area is 221 Å². The second kappa shape index (κ2) is 9.20. The van der Waals surface area contributed by atoms with Crippen molar-refractivity contribution in [1.82, 2.24) is 9.58 Å². The molecule has 7 nitrogen and oxygen atoms in total. The Kier molecular flexibility index (Phi) is 5.94. The minimum atomic E-state index is -1.000. The molecule has 38 heavy (non-hydrogen) atoms. The van der Waals surface area contributed by atoms with Gasteiger partial charge in [-0.15, -0.1) is 11.8 Å². The van der Waals surface area contributed by atoms with Gasteiger partial charge in [-0.3, -0.25) is 19.3 Å². The summed E-state index contributed by atoms with van der Waals surface area (Å²) in [5.41, 5.74) is 0.560. The molecule has 6 rings (SSSR count). The van der Waals surface area contributed by atoms with E-state index in [9.17, 15) is 19.1 Å². The molecule has 1 amide bonds. The Hall–Kier alpha value is -3.79. The summed E-state index contributed by atoms with van der Waals surface area (Å²) >= 11 is 1.39. The molecule has 4 heterocycles. The van der Waals surface area contributed by atoms with Crippen LogP contribution >= 0.6 is 11.8 Å². The fourth-order valence-corrected chi connectivity index (χ4v) is 6.59. The van der Waals surface area contributed by atoms with Crippen LogP contribution in [0, 0.1) is 17.6 Å². The number of amides is 1. The molecule has 2 atom stereocenters. The number of halogens is 2. The van der Waals surface area contributed by atoms with Crippen LogP contribution in [-0.4, -0.2) is 39.9 Å². The zero-order valence-electron chi connectivity index (χ0n) is 20.7. The van der Waals surface area contributed by atoms with E-state index in [0.29, 0.717) is 5.56 Å². The topological polar surface area (TPSA) is 75.0 Å². The normalized spacial score (nSPS) is 21.0. The van der Waals surface area contributed by atoms with E-state index in [1.807, 2.05) is 44.2 Å². The van der Waals surface area contributed by atoms with Gasteiger partial charge in [-0.1, -0.05) is 38.1 Å². The summed E-state index contributed by atoms with van der Waals surface area (Å²) in [5.74, 6) is -2.76. The van der Waals surface area contributed by atoms with Gasteiger partial charge in [-0.2, -0.15) is 0 Å². The maximum absolute atomic E-state index is 15.4. The monoisotopic (exact) mass is 537 g/mol. The van der Waals surface area contributed by atoms with Crippen molar-refractivity contribution in [2.45, 2.75) is 36.6 Å².